The first-order chi connectivity index (χ1) is 23.8. The minimum atomic E-state index is -2.45. The minimum Gasteiger partial charge on any atom is -0.449 e. The van der Waals surface area contributed by atoms with Gasteiger partial charge in [-0.3, -0.25) is 19.2 Å². The van der Waals surface area contributed by atoms with Gasteiger partial charge in [-0.1, -0.05) is 169 Å². The zero-order chi connectivity index (χ0) is 36.4. The van der Waals surface area contributed by atoms with Crippen molar-refractivity contribution in [2.75, 3.05) is 0 Å². The van der Waals surface area contributed by atoms with Crippen LogP contribution in [-0.4, -0.2) is 36.0 Å². The lowest BCUT2D eigenvalue weighted by Crippen LogP contribution is -2.55. The van der Waals surface area contributed by atoms with Crippen LogP contribution in [0.25, 0.3) is 0 Å². The first kappa shape index (κ1) is 46.9. The third kappa shape index (κ3) is 26.4. The summed E-state index contributed by atoms with van der Waals surface area (Å²) >= 11 is 0. The molecule has 0 bridgehead atoms. The Morgan fingerprint density at radius 2 is 0.633 bits per heavy atom. The molecule has 0 saturated heterocycles. The van der Waals surface area contributed by atoms with E-state index in [1.807, 2.05) is 6.92 Å². The van der Waals surface area contributed by atoms with Crippen molar-refractivity contribution >= 4 is 23.9 Å². The van der Waals surface area contributed by atoms with E-state index in [1.165, 1.54) is 6.42 Å². The van der Waals surface area contributed by atoms with Crippen molar-refractivity contribution in [1.29, 1.82) is 0 Å². The second kappa shape index (κ2) is 33.0. The van der Waals surface area contributed by atoms with Gasteiger partial charge in [0.2, 0.25) is 6.10 Å². The third-order valence-corrected chi connectivity index (χ3v) is 8.93. The molecule has 0 aromatic carbocycles. The Kier molecular flexibility index (Phi) is 31.6. The fourth-order valence-electron chi connectivity index (χ4n) is 5.88. The number of carbonyl (C=O) groups is 4. The Balaban J connectivity index is 6.05. The smallest absolute Gasteiger partial charge is 0.449 e. The molecule has 0 aliphatic heterocycles. The molecule has 0 radical (unpaired) electrons. The molecule has 0 aromatic heterocycles. The Hall–Kier alpha value is -2.12. The number of hydrogen-bond acceptors (Lipinski definition) is 8. The molecule has 0 saturated carbocycles. The number of unbranched alkanes of at least 4 members (excludes halogenated alkanes) is 20. The van der Waals surface area contributed by atoms with Crippen LogP contribution in [0.1, 0.15) is 227 Å². The van der Waals surface area contributed by atoms with Crippen molar-refractivity contribution in [3.05, 3.63) is 0 Å². The van der Waals surface area contributed by atoms with Gasteiger partial charge in [-0.2, -0.15) is 0 Å². The zero-order valence-corrected chi connectivity index (χ0v) is 32.6. The van der Waals surface area contributed by atoms with Gasteiger partial charge in [-0.15, -0.1) is 0 Å². The first-order valence-corrected chi connectivity index (χ1v) is 20.6. The highest BCUT2D eigenvalue weighted by molar-refractivity contribution is 5.74. The summed E-state index contributed by atoms with van der Waals surface area (Å²) < 4.78 is 23.7. The number of hydrogen-bond donors (Lipinski definition) is 0. The maximum atomic E-state index is 13.4. The molecular formula is C41H76O8. The lowest BCUT2D eigenvalue weighted by Gasteiger charge is -2.36. The van der Waals surface area contributed by atoms with Crippen LogP contribution in [0.4, 0.5) is 0 Å². The van der Waals surface area contributed by atoms with Gasteiger partial charge in [0.05, 0.1) is 0 Å². The molecule has 288 valence electrons. The predicted molar refractivity (Wildman–Crippen MR) is 198 cm³/mol. The quantitative estimate of drug-likeness (QED) is 0.0366. The highest BCUT2D eigenvalue weighted by Crippen LogP contribution is 2.31. The fourth-order valence-corrected chi connectivity index (χ4v) is 5.88. The van der Waals surface area contributed by atoms with Crippen LogP contribution in [-0.2, 0) is 38.1 Å². The van der Waals surface area contributed by atoms with E-state index in [0.29, 0.717) is 32.1 Å². The van der Waals surface area contributed by atoms with E-state index in [2.05, 4.69) is 27.7 Å². The second-order valence-corrected chi connectivity index (χ2v) is 13.9. The second-order valence-electron chi connectivity index (χ2n) is 13.9. The Labute approximate surface area is 300 Å². The summed E-state index contributed by atoms with van der Waals surface area (Å²) in [6.07, 6.45) is 23.6. The van der Waals surface area contributed by atoms with E-state index >= 15 is 0 Å². The van der Waals surface area contributed by atoms with Gasteiger partial charge < -0.3 is 18.9 Å². The van der Waals surface area contributed by atoms with E-state index < -0.39 is 36.0 Å². The molecule has 1 unspecified atom stereocenters. The molecule has 0 aliphatic rings. The van der Waals surface area contributed by atoms with E-state index in [9.17, 15) is 19.2 Å². The molecule has 0 amide bonds. The van der Waals surface area contributed by atoms with Crippen LogP contribution < -0.4 is 0 Å². The van der Waals surface area contributed by atoms with Gasteiger partial charge >= 0.3 is 29.9 Å². The molecule has 0 fully saturated rings. The minimum absolute atomic E-state index is 0.0857. The largest absolute Gasteiger partial charge is 0.463 e. The summed E-state index contributed by atoms with van der Waals surface area (Å²) in [4.78, 5) is 53.3. The molecular weight excluding hydrogens is 620 g/mol. The summed E-state index contributed by atoms with van der Waals surface area (Å²) in [5, 5.41) is 0. The normalized spacial score (nSPS) is 12.0. The van der Waals surface area contributed by atoms with Crippen LogP contribution in [0, 0.1) is 0 Å². The highest BCUT2D eigenvalue weighted by atomic mass is 16.9. The highest BCUT2D eigenvalue weighted by Gasteiger charge is 2.53. The topological polar surface area (TPSA) is 105 Å². The van der Waals surface area contributed by atoms with Gasteiger partial charge in [-0.25, -0.2) is 0 Å². The Morgan fingerprint density at radius 3 is 0.918 bits per heavy atom. The van der Waals surface area contributed by atoms with Crippen molar-refractivity contribution in [3.63, 3.8) is 0 Å². The van der Waals surface area contributed by atoms with E-state index in [1.54, 1.807) is 0 Å². The molecule has 8 heteroatoms. The zero-order valence-electron chi connectivity index (χ0n) is 32.6. The number of ether oxygens (including phenoxy) is 4. The summed E-state index contributed by atoms with van der Waals surface area (Å²) in [6.45, 7) is 10.5. The number of rotatable bonds is 35. The maximum absolute atomic E-state index is 13.4. The van der Waals surface area contributed by atoms with Gasteiger partial charge in [0.1, 0.15) is 0 Å². The molecule has 0 aromatic rings. The maximum Gasteiger partial charge on any atom is 0.463 e. The van der Waals surface area contributed by atoms with Gasteiger partial charge in [-0.05, 0) is 32.1 Å². The van der Waals surface area contributed by atoms with E-state index in [-0.39, 0.29) is 32.1 Å². The molecule has 0 N–H and O–H groups in total. The average Bonchev–Trinajstić information content (AvgIpc) is 3.07. The summed E-state index contributed by atoms with van der Waals surface area (Å²) in [5.41, 5.74) is 0. The van der Waals surface area contributed by atoms with Crippen molar-refractivity contribution in [2.45, 2.75) is 239 Å². The molecule has 0 spiro atoms. The number of esters is 4. The van der Waals surface area contributed by atoms with Crippen LogP contribution >= 0.6 is 0 Å². The Morgan fingerprint density at radius 1 is 0.367 bits per heavy atom. The lowest BCUT2D eigenvalue weighted by molar-refractivity contribution is -0.365. The van der Waals surface area contributed by atoms with Gasteiger partial charge in [0.25, 0.3) is 0 Å². The molecule has 0 heterocycles. The molecule has 0 aliphatic carbocycles. The SMILES string of the molecule is CCCCCCCCC(=O)OC(CCC)C(OC(=O)CCCCCCCC)(OC(=O)CCCCCCCC)OC(=O)CCCCCCCC. The standard InChI is InChI=1S/C41H76O8/c1-6-11-15-19-23-27-32-37(42)46-36(31-10-5)41(47-38(43)33-28-24-20-16-12-7-2,48-39(44)34-29-25-21-17-13-8-3)49-40(45)35-30-26-22-18-14-9-4/h36H,6-35H2,1-5H3. The molecule has 1 atom stereocenters. The van der Waals surface area contributed by atoms with Crippen molar-refractivity contribution in [3.8, 4) is 0 Å². The Bertz CT molecular complexity index is 752. The summed E-state index contributed by atoms with van der Waals surface area (Å²) in [5.74, 6) is -4.84. The molecule has 49 heavy (non-hydrogen) atoms. The van der Waals surface area contributed by atoms with E-state index in [0.717, 1.165) is 122 Å². The van der Waals surface area contributed by atoms with Crippen LogP contribution in [0.3, 0.4) is 0 Å². The van der Waals surface area contributed by atoms with Crippen molar-refractivity contribution in [2.24, 2.45) is 0 Å². The number of carbonyl (C=O) groups excluding carboxylic acids is 4. The van der Waals surface area contributed by atoms with Crippen molar-refractivity contribution < 1.29 is 38.1 Å². The van der Waals surface area contributed by atoms with Crippen LogP contribution in [0.2, 0.25) is 0 Å². The average molecular weight is 697 g/mol. The molecule has 8 nitrogen and oxygen atoms in total. The predicted octanol–water partition coefficient (Wildman–Crippen LogP) is 12.0. The fraction of sp³-hybridized carbons (Fsp3) is 0.902. The first-order valence-electron chi connectivity index (χ1n) is 20.6. The summed E-state index contributed by atoms with van der Waals surface area (Å²) in [6, 6.07) is 0. The van der Waals surface area contributed by atoms with Crippen LogP contribution in [0.15, 0.2) is 0 Å². The third-order valence-electron chi connectivity index (χ3n) is 8.93. The van der Waals surface area contributed by atoms with E-state index in [4.69, 9.17) is 18.9 Å². The molecule has 0 rings (SSSR count). The lowest BCUT2D eigenvalue weighted by atomic mass is 10.1. The van der Waals surface area contributed by atoms with Crippen LogP contribution in [0.5, 0.6) is 0 Å². The van der Waals surface area contributed by atoms with Gasteiger partial charge in [0.15, 0.2) is 0 Å². The van der Waals surface area contributed by atoms with Gasteiger partial charge in [0, 0.05) is 25.7 Å². The van der Waals surface area contributed by atoms with Crippen molar-refractivity contribution in [1.82, 2.24) is 0 Å². The summed E-state index contributed by atoms with van der Waals surface area (Å²) in [7, 11) is 0. The monoisotopic (exact) mass is 697 g/mol.